The van der Waals surface area contributed by atoms with E-state index in [1.165, 1.54) is 12.3 Å². The van der Waals surface area contributed by atoms with Gasteiger partial charge in [-0.2, -0.15) is 5.10 Å². The molecule has 2 aromatic rings. The molecule has 2 rings (SSSR count). The van der Waals surface area contributed by atoms with Gasteiger partial charge in [0.05, 0.1) is 11.1 Å². The van der Waals surface area contributed by atoms with E-state index in [0.29, 0.717) is 23.1 Å². The Balaban J connectivity index is 2.06. The number of carbonyl (C=O) groups excluding carboxylic acids is 1. The fourth-order valence-electron chi connectivity index (χ4n) is 2.25. The van der Waals surface area contributed by atoms with Gasteiger partial charge in [-0.25, -0.2) is 5.43 Å². The number of amides is 1. The smallest absolute Gasteiger partial charge is 0.267 e. The van der Waals surface area contributed by atoms with Crippen molar-refractivity contribution in [2.24, 2.45) is 5.10 Å². The molecule has 0 spiro atoms. The van der Waals surface area contributed by atoms with Crippen LogP contribution in [0.15, 0.2) is 47.6 Å². The zero-order chi connectivity index (χ0) is 17.5. The van der Waals surface area contributed by atoms with Gasteiger partial charge < -0.3 is 0 Å². The van der Waals surface area contributed by atoms with Crippen molar-refractivity contribution in [1.29, 1.82) is 0 Å². The van der Waals surface area contributed by atoms with Gasteiger partial charge in [-0.1, -0.05) is 38.1 Å². The first-order valence-electron chi connectivity index (χ1n) is 7.74. The molecular weight excluding hydrogens is 306 g/mol. The van der Waals surface area contributed by atoms with Crippen LogP contribution in [-0.4, -0.2) is 17.0 Å². The van der Waals surface area contributed by atoms with Crippen molar-refractivity contribution >= 4 is 17.8 Å². The maximum atomic E-state index is 12.0. The number of hydrogen-bond acceptors (Lipinski definition) is 4. The molecule has 0 atom stereocenters. The van der Waals surface area contributed by atoms with Gasteiger partial charge in [-0.05, 0) is 30.5 Å². The van der Waals surface area contributed by atoms with Gasteiger partial charge in [-0.15, -0.1) is 0 Å². The molecule has 124 valence electrons. The third-order valence-corrected chi connectivity index (χ3v) is 3.69. The van der Waals surface area contributed by atoms with Crippen LogP contribution in [0.1, 0.15) is 40.9 Å². The largest absolute Gasteiger partial charge is 0.273 e. The van der Waals surface area contributed by atoms with Crippen LogP contribution in [0.4, 0.5) is 5.69 Å². The molecule has 0 heterocycles. The van der Waals surface area contributed by atoms with E-state index in [0.717, 1.165) is 12.0 Å². The molecule has 0 saturated heterocycles. The molecule has 6 nitrogen and oxygen atoms in total. The zero-order valence-electron chi connectivity index (χ0n) is 13.7. The number of nitrogens with one attached hydrogen (secondary N) is 1. The summed E-state index contributed by atoms with van der Waals surface area (Å²) in [5.41, 5.74) is 5.36. The van der Waals surface area contributed by atoms with E-state index in [1.54, 1.807) is 24.3 Å². The monoisotopic (exact) mass is 325 g/mol. The second-order valence-electron chi connectivity index (χ2n) is 5.25. The molecule has 1 N–H and O–H groups in total. The minimum absolute atomic E-state index is 0.0583. The summed E-state index contributed by atoms with van der Waals surface area (Å²) in [6.45, 7) is 3.91. The lowest BCUT2D eigenvalue weighted by Crippen LogP contribution is -2.17. The first-order chi connectivity index (χ1) is 11.5. The van der Waals surface area contributed by atoms with E-state index in [1.807, 2.05) is 26.0 Å². The standard InChI is InChI=1S/C18H19N3O3/c1-3-13-5-9-16(10-6-13)18(22)20-19-12-14-7-8-15(4-2)17(11-14)21(23)24/h5-12H,3-4H2,1-2H3,(H,20,22)/b19-12-. The molecule has 0 radical (unpaired) electrons. The van der Waals surface area contributed by atoms with Crippen LogP contribution in [0.25, 0.3) is 0 Å². The van der Waals surface area contributed by atoms with Crippen LogP contribution in [0.3, 0.4) is 0 Å². The van der Waals surface area contributed by atoms with Crippen molar-refractivity contribution in [2.45, 2.75) is 26.7 Å². The van der Waals surface area contributed by atoms with Crippen LogP contribution in [0, 0.1) is 10.1 Å². The quantitative estimate of drug-likeness (QED) is 0.501. The highest BCUT2D eigenvalue weighted by atomic mass is 16.6. The van der Waals surface area contributed by atoms with Gasteiger partial charge >= 0.3 is 0 Å². The van der Waals surface area contributed by atoms with Gasteiger partial charge in [0.1, 0.15) is 0 Å². The predicted octanol–water partition coefficient (Wildman–Crippen LogP) is 3.48. The Labute approximate surface area is 140 Å². The molecule has 0 unspecified atom stereocenters. The second-order valence-corrected chi connectivity index (χ2v) is 5.25. The Hall–Kier alpha value is -3.02. The van der Waals surface area contributed by atoms with Gasteiger partial charge in [0.15, 0.2) is 0 Å². The van der Waals surface area contributed by atoms with E-state index >= 15 is 0 Å². The molecule has 24 heavy (non-hydrogen) atoms. The Kier molecular flexibility index (Phi) is 5.78. The van der Waals surface area contributed by atoms with Gasteiger partial charge in [0.2, 0.25) is 0 Å². The van der Waals surface area contributed by atoms with Gasteiger partial charge in [-0.3, -0.25) is 14.9 Å². The highest BCUT2D eigenvalue weighted by molar-refractivity contribution is 5.94. The Morgan fingerprint density at radius 1 is 1.17 bits per heavy atom. The Bertz CT molecular complexity index is 768. The molecule has 0 aliphatic rings. The zero-order valence-corrected chi connectivity index (χ0v) is 13.7. The fourth-order valence-corrected chi connectivity index (χ4v) is 2.25. The van der Waals surface area contributed by atoms with Crippen LogP contribution >= 0.6 is 0 Å². The summed E-state index contributed by atoms with van der Waals surface area (Å²) < 4.78 is 0. The van der Waals surface area contributed by atoms with E-state index < -0.39 is 4.92 Å². The maximum absolute atomic E-state index is 12.0. The SMILES string of the molecule is CCc1ccc(C(=O)N/N=C\c2ccc(CC)c([N+](=O)[O-])c2)cc1. The summed E-state index contributed by atoms with van der Waals surface area (Å²) in [6.07, 6.45) is 2.88. The lowest BCUT2D eigenvalue weighted by molar-refractivity contribution is -0.385. The number of hydrazone groups is 1. The summed E-state index contributed by atoms with van der Waals surface area (Å²) in [5.74, 6) is -0.325. The van der Waals surface area contributed by atoms with Gasteiger partial charge in [0, 0.05) is 22.8 Å². The number of nitrogens with zero attached hydrogens (tertiary/aromatic N) is 2. The summed E-state index contributed by atoms with van der Waals surface area (Å²) in [6, 6.07) is 12.2. The number of aryl methyl sites for hydroxylation is 2. The number of nitro benzene ring substituents is 1. The summed E-state index contributed by atoms with van der Waals surface area (Å²) in [7, 11) is 0. The lowest BCUT2D eigenvalue weighted by Gasteiger charge is -2.02. The van der Waals surface area contributed by atoms with Crippen LogP contribution in [-0.2, 0) is 12.8 Å². The molecule has 6 heteroatoms. The minimum Gasteiger partial charge on any atom is -0.267 e. The molecule has 0 fully saturated rings. The molecule has 1 amide bonds. The number of nitro groups is 1. The van der Waals surface area contributed by atoms with Crippen molar-refractivity contribution in [3.8, 4) is 0 Å². The van der Waals surface area contributed by atoms with Crippen molar-refractivity contribution in [3.63, 3.8) is 0 Å². The van der Waals surface area contributed by atoms with E-state index in [9.17, 15) is 14.9 Å². The van der Waals surface area contributed by atoms with E-state index in [4.69, 9.17) is 0 Å². The molecular formula is C18H19N3O3. The minimum atomic E-state index is -0.413. The van der Waals surface area contributed by atoms with Crippen molar-refractivity contribution < 1.29 is 9.72 Å². The van der Waals surface area contributed by atoms with E-state index in [2.05, 4.69) is 10.5 Å². The average molecular weight is 325 g/mol. The molecule has 0 saturated carbocycles. The normalized spacial score (nSPS) is 10.8. The van der Waals surface area contributed by atoms with Crippen molar-refractivity contribution in [3.05, 3.63) is 74.8 Å². The summed E-state index contributed by atoms with van der Waals surface area (Å²) in [5, 5.41) is 14.9. The highest BCUT2D eigenvalue weighted by Crippen LogP contribution is 2.20. The van der Waals surface area contributed by atoms with Crippen molar-refractivity contribution in [2.75, 3.05) is 0 Å². The fraction of sp³-hybridized carbons (Fsp3) is 0.222. The van der Waals surface area contributed by atoms with Crippen LogP contribution in [0.5, 0.6) is 0 Å². The third kappa shape index (κ3) is 4.25. The van der Waals surface area contributed by atoms with Crippen molar-refractivity contribution in [1.82, 2.24) is 5.43 Å². The first kappa shape index (κ1) is 17.3. The van der Waals surface area contributed by atoms with Crippen LogP contribution in [0.2, 0.25) is 0 Å². The number of rotatable bonds is 6. The van der Waals surface area contributed by atoms with Gasteiger partial charge in [0.25, 0.3) is 11.6 Å². The number of carbonyl (C=O) groups is 1. The van der Waals surface area contributed by atoms with E-state index in [-0.39, 0.29) is 11.6 Å². The Morgan fingerprint density at radius 2 is 1.88 bits per heavy atom. The van der Waals surface area contributed by atoms with Crippen LogP contribution < -0.4 is 5.43 Å². The highest BCUT2D eigenvalue weighted by Gasteiger charge is 2.12. The molecule has 0 aromatic heterocycles. The average Bonchev–Trinajstić information content (AvgIpc) is 2.61. The Morgan fingerprint density at radius 3 is 2.46 bits per heavy atom. The summed E-state index contributed by atoms with van der Waals surface area (Å²) in [4.78, 5) is 22.6. The third-order valence-electron chi connectivity index (χ3n) is 3.69. The molecule has 0 bridgehead atoms. The number of hydrogen-bond donors (Lipinski definition) is 1. The first-order valence-corrected chi connectivity index (χ1v) is 7.74. The maximum Gasteiger partial charge on any atom is 0.273 e. The number of benzene rings is 2. The lowest BCUT2D eigenvalue weighted by atomic mass is 10.1. The predicted molar refractivity (Wildman–Crippen MR) is 93.4 cm³/mol. The topological polar surface area (TPSA) is 84.6 Å². The molecule has 0 aliphatic heterocycles. The summed E-state index contributed by atoms with van der Waals surface area (Å²) >= 11 is 0. The molecule has 2 aromatic carbocycles. The molecule has 0 aliphatic carbocycles. The second kappa shape index (κ2) is 8.01.